The molecule has 1 fully saturated rings. The molecule has 1 N–H and O–H groups in total. The third-order valence-corrected chi connectivity index (χ3v) is 3.90. The van der Waals surface area contributed by atoms with E-state index in [0.717, 1.165) is 19.6 Å². The number of carbonyl (C=O) groups excluding carboxylic acids is 1. The van der Waals surface area contributed by atoms with E-state index in [0.29, 0.717) is 11.8 Å². The number of hydrogen-bond acceptors (Lipinski definition) is 3. The molecule has 1 aromatic carbocycles. The van der Waals surface area contributed by atoms with E-state index >= 15 is 0 Å². The van der Waals surface area contributed by atoms with Gasteiger partial charge in [-0.05, 0) is 17.4 Å². The van der Waals surface area contributed by atoms with Crippen molar-refractivity contribution in [3.8, 4) is 12.3 Å². The molecule has 1 saturated heterocycles. The van der Waals surface area contributed by atoms with Crippen molar-refractivity contribution < 1.29 is 4.79 Å². The molecule has 0 spiro atoms. The molecule has 1 aliphatic heterocycles. The second-order valence-electron chi connectivity index (χ2n) is 5.47. The predicted octanol–water partition coefficient (Wildman–Crippen LogP) is 1.53. The smallest absolute Gasteiger partial charge is 0.300 e. The summed E-state index contributed by atoms with van der Waals surface area (Å²) >= 11 is 0. The molecule has 1 aliphatic rings. The van der Waals surface area contributed by atoms with Crippen LogP contribution in [-0.4, -0.2) is 36.8 Å². The Balaban J connectivity index is 2.00. The van der Waals surface area contributed by atoms with Gasteiger partial charge in [-0.1, -0.05) is 37.3 Å². The number of terminal acetylenes is 1. The molecule has 2 atom stereocenters. The van der Waals surface area contributed by atoms with Crippen LogP contribution in [0.15, 0.2) is 35.3 Å². The van der Waals surface area contributed by atoms with E-state index < -0.39 is 5.91 Å². The van der Waals surface area contributed by atoms with Crippen LogP contribution in [0.3, 0.4) is 0 Å². The zero-order valence-corrected chi connectivity index (χ0v) is 12.5. The molecule has 0 bridgehead atoms. The van der Waals surface area contributed by atoms with Crippen LogP contribution in [0.2, 0.25) is 0 Å². The minimum absolute atomic E-state index is 0.219. The molecule has 21 heavy (non-hydrogen) atoms. The van der Waals surface area contributed by atoms with Crippen molar-refractivity contribution in [2.24, 2.45) is 16.8 Å². The Bertz CT molecular complexity index is 559. The zero-order chi connectivity index (χ0) is 15.2. The van der Waals surface area contributed by atoms with E-state index in [2.05, 4.69) is 52.3 Å². The summed E-state index contributed by atoms with van der Waals surface area (Å²) in [7, 11) is 1.69. The molecule has 0 radical (unpaired) electrons. The summed E-state index contributed by atoms with van der Waals surface area (Å²) in [5.74, 6) is 3.00. The van der Waals surface area contributed by atoms with Gasteiger partial charge in [-0.2, -0.15) is 0 Å². The summed E-state index contributed by atoms with van der Waals surface area (Å²) in [4.78, 5) is 18.0. The molecule has 2 rings (SSSR count). The van der Waals surface area contributed by atoms with Gasteiger partial charge < -0.3 is 5.32 Å². The molecule has 0 saturated carbocycles. The molecule has 4 heteroatoms. The van der Waals surface area contributed by atoms with Gasteiger partial charge >= 0.3 is 5.91 Å². The van der Waals surface area contributed by atoms with E-state index in [1.54, 1.807) is 7.05 Å². The van der Waals surface area contributed by atoms with Crippen molar-refractivity contribution in [3.63, 3.8) is 0 Å². The maximum atomic E-state index is 11.4. The van der Waals surface area contributed by atoms with Gasteiger partial charge in [0.05, 0.1) is 0 Å². The average Bonchev–Trinajstić information content (AvgIpc) is 2.86. The first-order chi connectivity index (χ1) is 10.1. The lowest BCUT2D eigenvalue weighted by Gasteiger charge is -2.17. The number of rotatable bonds is 3. The highest BCUT2D eigenvalue weighted by Crippen LogP contribution is 2.25. The van der Waals surface area contributed by atoms with Gasteiger partial charge in [-0.3, -0.25) is 14.7 Å². The third-order valence-electron chi connectivity index (χ3n) is 3.90. The Morgan fingerprint density at radius 2 is 2.14 bits per heavy atom. The fraction of sp³-hybridized carbons (Fsp3) is 0.412. The zero-order valence-electron chi connectivity index (χ0n) is 12.5. The lowest BCUT2D eigenvalue weighted by Crippen LogP contribution is -2.38. The van der Waals surface area contributed by atoms with Gasteiger partial charge in [0.1, 0.15) is 5.84 Å². The molecular formula is C17H21N3O. The molecule has 4 nitrogen and oxygen atoms in total. The standard InChI is InChI=1S/C17H21N3O/c1-4-16(21)19-17(18-3)15-12-20(10-13(15)2)11-14-8-6-5-7-9-14/h1,5-9,13,15H,10-12H2,2-3H3,(H,18,19,21). The van der Waals surface area contributed by atoms with Gasteiger partial charge in [0.15, 0.2) is 0 Å². The summed E-state index contributed by atoms with van der Waals surface area (Å²) in [5.41, 5.74) is 1.30. The van der Waals surface area contributed by atoms with Crippen molar-refractivity contribution in [3.05, 3.63) is 35.9 Å². The SMILES string of the molecule is C#CC(=O)NC(=NC)C1CN(Cc2ccccc2)CC1C. The second-order valence-corrected chi connectivity index (χ2v) is 5.47. The number of nitrogens with zero attached hydrogens (tertiary/aromatic N) is 2. The minimum atomic E-state index is -0.427. The molecule has 1 heterocycles. The van der Waals surface area contributed by atoms with E-state index in [1.165, 1.54) is 5.56 Å². The molecule has 1 aromatic rings. The summed E-state index contributed by atoms with van der Waals surface area (Å²) in [6, 6.07) is 10.4. The molecule has 2 unspecified atom stereocenters. The first-order valence-corrected chi connectivity index (χ1v) is 7.14. The summed E-state index contributed by atoms with van der Waals surface area (Å²) < 4.78 is 0. The topological polar surface area (TPSA) is 44.7 Å². The normalized spacial score (nSPS) is 22.8. The predicted molar refractivity (Wildman–Crippen MR) is 84.7 cm³/mol. The number of likely N-dealkylation sites (tertiary alicyclic amines) is 1. The lowest BCUT2D eigenvalue weighted by molar-refractivity contribution is -0.114. The maximum Gasteiger partial charge on any atom is 0.300 e. The van der Waals surface area contributed by atoms with E-state index in [9.17, 15) is 4.79 Å². The van der Waals surface area contributed by atoms with Crippen LogP contribution in [0, 0.1) is 24.2 Å². The highest BCUT2D eigenvalue weighted by Gasteiger charge is 2.33. The van der Waals surface area contributed by atoms with Crippen LogP contribution in [0.4, 0.5) is 0 Å². The Morgan fingerprint density at radius 3 is 2.76 bits per heavy atom. The largest absolute Gasteiger partial charge is 0.303 e. The molecule has 1 amide bonds. The Labute approximate surface area is 126 Å². The summed E-state index contributed by atoms with van der Waals surface area (Å²) in [6.07, 6.45) is 5.11. The van der Waals surface area contributed by atoms with Crippen LogP contribution in [0.5, 0.6) is 0 Å². The highest BCUT2D eigenvalue weighted by molar-refractivity contribution is 6.06. The summed E-state index contributed by atoms with van der Waals surface area (Å²) in [6.45, 7) is 4.97. The number of aliphatic imine (C=N–C) groups is 1. The van der Waals surface area contributed by atoms with Crippen LogP contribution >= 0.6 is 0 Å². The number of amides is 1. The lowest BCUT2D eigenvalue weighted by atomic mass is 9.97. The van der Waals surface area contributed by atoms with Crippen molar-refractivity contribution in [1.82, 2.24) is 10.2 Å². The molecule has 110 valence electrons. The number of nitrogens with one attached hydrogen (secondary N) is 1. The third kappa shape index (κ3) is 3.93. The number of carbonyl (C=O) groups is 1. The van der Waals surface area contributed by atoms with E-state index in [4.69, 9.17) is 6.42 Å². The second kappa shape index (κ2) is 7.05. The molecule has 0 aromatic heterocycles. The Hall–Kier alpha value is -2.12. The number of hydrogen-bond donors (Lipinski definition) is 1. The van der Waals surface area contributed by atoms with Crippen LogP contribution < -0.4 is 5.32 Å². The van der Waals surface area contributed by atoms with Gasteiger partial charge in [0.25, 0.3) is 0 Å². The van der Waals surface area contributed by atoms with Crippen molar-refractivity contribution in [2.45, 2.75) is 13.5 Å². The minimum Gasteiger partial charge on any atom is -0.303 e. The first kappa shape index (κ1) is 15.3. The van der Waals surface area contributed by atoms with Gasteiger partial charge in [-0.15, -0.1) is 6.42 Å². The number of amidine groups is 1. The van der Waals surface area contributed by atoms with Crippen LogP contribution in [0.1, 0.15) is 12.5 Å². The van der Waals surface area contributed by atoms with Gasteiger partial charge in [0, 0.05) is 32.6 Å². The van der Waals surface area contributed by atoms with Crippen molar-refractivity contribution >= 4 is 11.7 Å². The molecule has 0 aliphatic carbocycles. The quantitative estimate of drug-likeness (QED) is 0.519. The van der Waals surface area contributed by atoms with Gasteiger partial charge in [0.2, 0.25) is 0 Å². The van der Waals surface area contributed by atoms with E-state index in [1.807, 2.05) is 6.07 Å². The van der Waals surface area contributed by atoms with E-state index in [-0.39, 0.29) is 5.92 Å². The van der Waals surface area contributed by atoms with Crippen LogP contribution in [0.25, 0.3) is 0 Å². The summed E-state index contributed by atoms with van der Waals surface area (Å²) in [5, 5.41) is 2.72. The maximum absolute atomic E-state index is 11.4. The average molecular weight is 283 g/mol. The highest BCUT2D eigenvalue weighted by atomic mass is 16.1. The Morgan fingerprint density at radius 1 is 1.43 bits per heavy atom. The molecular weight excluding hydrogens is 262 g/mol. The number of benzene rings is 1. The van der Waals surface area contributed by atoms with Crippen molar-refractivity contribution in [2.75, 3.05) is 20.1 Å². The first-order valence-electron chi connectivity index (χ1n) is 7.14. The fourth-order valence-electron chi connectivity index (χ4n) is 2.86. The monoisotopic (exact) mass is 283 g/mol. The van der Waals surface area contributed by atoms with Crippen molar-refractivity contribution in [1.29, 1.82) is 0 Å². The Kier molecular flexibility index (Phi) is 5.13. The fourth-order valence-corrected chi connectivity index (χ4v) is 2.86. The van der Waals surface area contributed by atoms with Crippen LogP contribution in [-0.2, 0) is 11.3 Å². The van der Waals surface area contributed by atoms with Gasteiger partial charge in [-0.25, -0.2) is 0 Å².